The van der Waals surface area contributed by atoms with Crippen molar-refractivity contribution in [2.45, 2.75) is 30.6 Å². The van der Waals surface area contributed by atoms with Gasteiger partial charge in [-0.3, -0.25) is 29.3 Å². The van der Waals surface area contributed by atoms with Gasteiger partial charge >= 0.3 is 0 Å². The number of ketones is 3. The number of carbonyl (C=O) groups excluding carboxylic acids is 4. The number of likely N-dealkylation sites (N-methyl/N-ethyl adjacent to an activating group) is 1. The summed E-state index contributed by atoms with van der Waals surface area (Å²) >= 11 is 0. The van der Waals surface area contributed by atoms with Gasteiger partial charge in [-0.15, -0.1) is 0 Å². The number of nitro benzene ring substituents is 1. The predicted octanol–water partition coefficient (Wildman–Crippen LogP) is 0.737. The molecule has 2 aromatic carbocycles. The molecular formula is C29H29N3O9. The number of fused-ring (bicyclic) bond motifs is 3. The Bertz CT molecular complexity index is 1530. The van der Waals surface area contributed by atoms with Crippen LogP contribution in [0, 0.1) is 33.8 Å². The molecule has 5 rings (SSSR count). The molecule has 214 valence electrons. The van der Waals surface area contributed by atoms with E-state index in [0.717, 1.165) is 0 Å². The molecule has 0 radical (unpaired) electrons. The van der Waals surface area contributed by atoms with Crippen molar-refractivity contribution in [3.8, 4) is 5.75 Å². The SMILES string of the molecule is CN(C)[C@H]1C(O)C(C(N)=O)C(=O)[C@]2(O)C(=O)C3C(=O)c4c(O)ccc(C=Cc5cccc([N+](=O)[O-])c5)c4C[C@@H]3C[C@H]12. The molecule has 3 aliphatic rings. The summed E-state index contributed by atoms with van der Waals surface area (Å²) < 4.78 is 0. The zero-order chi connectivity index (χ0) is 30.0. The number of carbonyl (C=O) groups is 4. The Morgan fingerprint density at radius 2 is 1.85 bits per heavy atom. The summed E-state index contributed by atoms with van der Waals surface area (Å²) in [5.41, 5.74) is 3.99. The number of nitrogens with two attached hydrogens (primary N) is 1. The second kappa shape index (κ2) is 9.98. The van der Waals surface area contributed by atoms with Crippen molar-refractivity contribution in [3.63, 3.8) is 0 Å². The number of hydrogen-bond donors (Lipinski definition) is 4. The molecule has 2 saturated carbocycles. The van der Waals surface area contributed by atoms with Gasteiger partial charge in [-0.2, -0.15) is 0 Å². The first-order valence-electron chi connectivity index (χ1n) is 13.0. The highest BCUT2D eigenvalue weighted by Gasteiger charge is 2.69. The minimum absolute atomic E-state index is 0.00109. The van der Waals surface area contributed by atoms with Crippen LogP contribution in [0.15, 0.2) is 36.4 Å². The van der Waals surface area contributed by atoms with E-state index >= 15 is 0 Å². The average molecular weight is 564 g/mol. The smallest absolute Gasteiger partial charge is 0.270 e. The van der Waals surface area contributed by atoms with Crippen LogP contribution in [0.25, 0.3) is 12.2 Å². The molecule has 0 saturated heterocycles. The molecule has 41 heavy (non-hydrogen) atoms. The molecule has 2 aromatic rings. The van der Waals surface area contributed by atoms with Gasteiger partial charge in [0.25, 0.3) is 5.69 Å². The van der Waals surface area contributed by atoms with Crippen molar-refractivity contribution >= 4 is 41.1 Å². The number of non-ortho nitro benzene ring substituents is 1. The van der Waals surface area contributed by atoms with Crippen molar-refractivity contribution in [3.05, 3.63) is 68.8 Å². The number of aromatic hydroxyl groups is 1. The van der Waals surface area contributed by atoms with E-state index in [1.807, 2.05) is 0 Å². The molecule has 12 heteroatoms. The van der Waals surface area contributed by atoms with Crippen LogP contribution in [0.3, 0.4) is 0 Å². The van der Waals surface area contributed by atoms with E-state index in [9.17, 15) is 44.6 Å². The third-order valence-corrected chi connectivity index (χ3v) is 8.75. The molecule has 12 nitrogen and oxygen atoms in total. The highest BCUT2D eigenvalue weighted by atomic mass is 16.6. The minimum atomic E-state index is -2.72. The standard InChI is InChI=1S/C29H29N3O9/c1-31(2)23-18-12-15-11-17-14(7-6-13-4-3-5-16(10-13)32(40)41)8-9-19(33)21(17)24(34)20(15)26(36)29(18,39)27(37)22(25(23)35)28(30)38/h3-10,15,18,20,22-23,25,33,35,39H,11-12H2,1-2H3,(H2,30,38)/t15-,18-,20?,22?,23-,25?,29-/m1/s1. The molecular weight excluding hydrogens is 534 g/mol. The highest BCUT2D eigenvalue weighted by Crippen LogP contribution is 2.51. The van der Waals surface area contributed by atoms with Gasteiger partial charge in [-0.25, -0.2) is 0 Å². The lowest BCUT2D eigenvalue weighted by Gasteiger charge is -2.54. The predicted molar refractivity (Wildman–Crippen MR) is 144 cm³/mol. The highest BCUT2D eigenvalue weighted by molar-refractivity contribution is 6.25. The number of nitro groups is 1. The van der Waals surface area contributed by atoms with E-state index in [1.54, 1.807) is 38.4 Å². The van der Waals surface area contributed by atoms with Crippen molar-refractivity contribution < 1.29 is 39.4 Å². The van der Waals surface area contributed by atoms with Crippen LogP contribution in [0.4, 0.5) is 5.69 Å². The summed E-state index contributed by atoms with van der Waals surface area (Å²) in [5.74, 6) is -9.70. The van der Waals surface area contributed by atoms with E-state index in [-0.39, 0.29) is 29.8 Å². The lowest BCUT2D eigenvalue weighted by molar-refractivity contribution is -0.384. The van der Waals surface area contributed by atoms with Crippen molar-refractivity contribution in [2.24, 2.45) is 29.4 Å². The molecule has 0 aromatic heterocycles. The Morgan fingerprint density at radius 3 is 2.49 bits per heavy atom. The number of amides is 1. The normalized spacial score (nSPS) is 31.1. The Labute approximate surface area is 234 Å². The molecule has 0 bridgehead atoms. The van der Waals surface area contributed by atoms with Crippen LogP contribution in [0.2, 0.25) is 0 Å². The number of Topliss-reactive ketones (excluding diaryl/α,β-unsaturated/α-hetero) is 3. The van der Waals surface area contributed by atoms with Gasteiger partial charge in [0.15, 0.2) is 23.0 Å². The molecule has 0 aliphatic heterocycles. The van der Waals surface area contributed by atoms with Crippen molar-refractivity contribution in [1.29, 1.82) is 0 Å². The van der Waals surface area contributed by atoms with E-state index in [2.05, 4.69) is 0 Å². The summed E-state index contributed by atoms with van der Waals surface area (Å²) in [7, 11) is 3.16. The van der Waals surface area contributed by atoms with E-state index in [0.29, 0.717) is 16.7 Å². The summed E-state index contributed by atoms with van der Waals surface area (Å²) in [6, 6.07) is 7.85. The number of hydrogen-bond acceptors (Lipinski definition) is 10. The third kappa shape index (κ3) is 4.26. The molecule has 3 aliphatic carbocycles. The van der Waals surface area contributed by atoms with Crippen LogP contribution < -0.4 is 5.73 Å². The van der Waals surface area contributed by atoms with Crippen LogP contribution in [-0.2, 0) is 20.8 Å². The first kappa shape index (κ1) is 28.3. The summed E-state index contributed by atoms with van der Waals surface area (Å²) in [6.45, 7) is 0. The number of phenolic OH excluding ortho intramolecular Hbond substituents is 1. The Hall–Kier alpha value is -4.26. The number of phenols is 1. The maximum atomic E-state index is 13.9. The van der Waals surface area contributed by atoms with Gasteiger partial charge in [0, 0.05) is 24.1 Å². The molecule has 7 atom stereocenters. The largest absolute Gasteiger partial charge is 0.507 e. The zero-order valence-electron chi connectivity index (χ0n) is 22.3. The van der Waals surface area contributed by atoms with Crippen LogP contribution in [0.1, 0.15) is 33.5 Å². The second-order valence-electron chi connectivity index (χ2n) is 11.2. The fourth-order valence-corrected chi connectivity index (χ4v) is 6.93. The summed E-state index contributed by atoms with van der Waals surface area (Å²) in [4.78, 5) is 65.4. The number of benzene rings is 2. The van der Waals surface area contributed by atoms with E-state index in [4.69, 9.17) is 5.73 Å². The fourth-order valence-electron chi connectivity index (χ4n) is 6.93. The lowest BCUT2D eigenvalue weighted by atomic mass is 9.52. The Kier molecular flexibility index (Phi) is 6.88. The van der Waals surface area contributed by atoms with Crippen LogP contribution >= 0.6 is 0 Å². The molecule has 0 spiro atoms. The topological polar surface area (TPSA) is 201 Å². The monoisotopic (exact) mass is 563 g/mol. The maximum absolute atomic E-state index is 13.9. The third-order valence-electron chi connectivity index (χ3n) is 8.75. The van der Waals surface area contributed by atoms with E-state index < -0.39 is 69.6 Å². The number of rotatable bonds is 5. The van der Waals surface area contributed by atoms with Gasteiger partial charge in [0.2, 0.25) is 5.91 Å². The molecule has 3 unspecified atom stereocenters. The minimum Gasteiger partial charge on any atom is -0.507 e. The Balaban J connectivity index is 1.58. The van der Waals surface area contributed by atoms with E-state index in [1.165, 1.54) is 29.2 Å². The second-order valence-corrected chi connectivity index (χ2v) is 11.2. The number of primary amides is 1. The van der Waals surface area contributed by atoms with Crippen molar-refractivity contribution in [1.82, 2.24) is 4.90 Å². The number of aliphatic hydroxyl groups excluding tert-OH is 1. The number of nitrogens with zero attached hydrogens (tertiary/aromatic N) is 2. The van der Waals surface area contributed by atoms with Crippen molar-refractivity contribution in [2.75, 3.05) is 14.1 Å². The zero-order valence-corrected chi connectivity index (χ0v) is 22.3. The van der Waals surface area contributed by atoms with Crippen LogP contribution in [-0.4, -0.2) is 80.2 Å². The summed E-state index contributed by atoms with van der Waals surface area (Å²) in [5, 5.41) is 44.4. The van der Waals surface area contributed by atoms with Gasteiger partial charge in [0.05, 0.1) is 22.5 Å². The average Bonchev–Trinajstić information content (AvgIpc) is 2.90. The molecule has 5 N–H and O–H groups in total. The first-order chi connectivity index (χ1) is 19.3. The molecule has 2 fully saturated rings. The fraction of sp³-hybridized carbons (Fsp3) is 0.379. The van der Waals surface area contributed by atoms with Gasteiger partial charge in [0.1, 0.15) is 11.7 Å². The van der Waals surface area contributed by atoms with Crippen LogP contribution in [0.5, 0.6) is 5.75 Å². The lowest BCUT2D eigenvalue weighted by Crippen LogP contribution is -2.75. The summed E-state index contributed by atoms with van der Waals surface area (Å²) in [6.07, 6.45) is 1.84. The number of aliphatic hydroxyl groups is 2. The van der Waals surface area contributed by atoms with Gasteiger partial charge < -0.3 is 26.0 Å². The quantitative estimate of drug-likeness (QED) is 0.174. The van der Waals surface area contributed by atoms with Gasteiger partial charge in [-0.05, 0) is 55.6 Å². The molecule has 1 amide bonds. The molecule has 0 heterocycles. The van der Waals surface area contributed by atoms with Gasteiger partial charge in [-0.1, -0.05) is 30.4 Å². The first-order valence-corrected chi connectivity index (χ1v) is 13.0. The maximum Gasteiger partial charge on any atom is 0.270 e. The Morgan fingerprint density at radius 1 is 1.15 bits per heavy atom.